The van der Waals surface area contributed by atoms with E-state index in [-0.39, 0.29) is 5.91 Å². The maximum Gasteiger partial charge on any atom is 0.279 e. The number of aromatic nitrogens is 1. The van der Waals surface area contributed by atoms with Gasteiger partial charge in [0.15, 0.2) is 6.54 Å². The van der Waals surface area contributed by atoms with Gasteiger partial charge in [0.05, 0.1) is 29.2 Å². The highest BCUT2D eigenvalue weighted by Crippen LogP contribution is 2.30. The number of hydrogen-bond donors (Lipinski definition) is 2. The molecule has 0 aliphatic carbocycles. The molecular weight excluding hydrogens is 366 g/mol. The standard InChI is InChI=1S/C20H20ClN3OS/c21-15-7-9-16(10-8-15)22-19(25)13-24-11-3-4-14(12-24)20-23-17-5-1-2-6-18(17)26-20/h1-2,5-10,14H,3-4,11-13H2,(H,22,25)/p+1/t14-/m1/s1. The summed E-state index contributed by atoms with van der Waals surface area (Å²) < 4.78 is 1.25. The molecule has 6 heteroatoms. The molecule has 1 amide bonds. The molecule has 0 spiro atoms. The molecule has 0 radical (unpaired) electrons. The molecule has 2 atom stereocenters. The fourth-order valence-corrected chi connectivity index (χ4v) is 4.78. The Labute approximate surface area is 161 Å². The molecule has 1 fully saturated rings. The van der Waals surface area contributed by atoms with Gasteiger partial charge in [-0.2, -0.15) is 0 Å². The lowest BCUT2D eigenvalue weighted by Gasteiger charge is -2.28. The predicted octanol–water partition coefficient (Wildman–Crippen LogP) is 3.35. The number of rotatable bonds is 4. The quantitative estimate of drug-likeness (QED) is 0.722. The number of nitrogens with one attached hydrogen (secondary N) is 2. The van der Waals surface area contributed by atoms with E-state index in [2.05, 4.69) is 23.5 Å². The van der Waals surface area contributed by atoms with E-state index in [1.807, 2.05) is 18.2 Å². The molecule has 1 aliphatic heterocycles. The Morgan fingerprint density at radius 2 is 2.04 bits per heavy atom. The molecule has 1 saturated heterocycles. The second kappa shape index (κ2) is 7.74. The first-order chi connectivity index (χ1) is 12.7. The van der Waals surface area contributed by atoms with Crippen molar-refractivity contribution in [2.75, 3.05) is 25.0 Å². The van der Waals surface area contributed by atoms with Crippen molar-refractivity contribution < 1.29 is 9.69 Å². The Bertz CT molecular complexity index is 876. The first kappa shape index (κ1) is 17.5. The summed E-state index contributed by atoms with van der Waals surface area (Å²) in [5.41, 5.74) is 1.87. The van der Waals surface area contributed by atoms with E-state index in [1.165, 1.54) is 14.6 Å². The van der Waals surface area contributed by atoms with E-state index >= 15 is 0 Å². The van der Waals surface area contributed by atoms with Gasteiger partial charge >= 0.3 is 0 Å². The van der Waals surface area contributed by atoms with E-state index in [0.29, 0.717) is 17.5 Å². The van der Waals surface area contributed by atoms with Crippen molar-refractivity contribution in [3.05, 3.63) is 58.6 Å². The van der Waals surface area contributed by atoms with Gasteiger partial charge in [-0.1, -0.05) is 23.7 Å². The van der Waals surface area contributed by atoms with Crippen LogP contribution in [0.2, 0.25) is 5.02 Å². The Morgan fingerprint density at radius 1 is 1.23 bits per heavy atom. The maximum atomic E-state index is 12.4. The minimum Gasteiger partial charge on any atom is -0.327 e. The molecule has 3 aromatic rings. The largest absolute Gasteiger partial charge is 0.327 e. The van der Waals surface area contributed by atoms with Crippen LogP contribution in [0.25, 0.3) is 10.2 Å². The van der Waals surface area contributed by atoms with Crippen molar-refractivity contribution in [1.29, 1.82) is 0 Å². The summed E-state index contributed by atoms with van der Waals surface area (Å²) in [6, 6.07) is 15.5. The monoisotopic (exact) mass is 386 g/mol. The average Bonchev–Trinajstić information content (AvgIpc) is 3.08. The zero-order valence-electron chi connectivity index (χ0n) is 14.4. The zero-order chi connectivity index (χ0) is 17.9. The van der Waals surface area contributed by atoms with Crippen LogP contribution in [0.4, 0.5) is 5.69 Å². The first-order valence-electron chi connectivity index (χ1n) is 8.92. The van der Waals surface area contributed by atoms with Crippen molar-refractivity contribution in [2.45, 2.75) is 18.8 Å². The summed E-state index contributed by atoms with van der Waals surface area (Å²) >= 11 is 7.68. The third-order valence-electron chi connectivity index (χ3n) is 4.82. The predicted molar refractivity (Wildman–Crippen MR) is 107 cm³/mol. The fraction of sp³-hybridized carbons (Fsp3) is 0.300. The minimum atomic E-state index is 0.0484. The number of benzene rings is 2. The number of para-hydroxylation sites is 1. The van der Waals surface area contributed by atoms with Crippen LogP contribution < -0.4 is 10.2 Å². The number of hydrogen-bond acceptors (Lipinski definition) is 3. The fourth-order valence-electron chi connectivity index (χ4n) is 3.55. The highest BCUT2D eigenvalue weighted by Gasteiger charge is 2.28. The van der Waals surface area contributed by atoms with Crippen molar-refractivity contribution in [3.8, 4) is 0 Å². The lowest BCUT2D eigenvalue weighted by Crippen LogP contribution is -3.14. The Balaban J connectivity index is 1.38. The second-order valence-corrected chi connectivity index (χ2v) is 8.29. The topological polar surface area (TPSA) is 46.4 Å². The van der Waals surface area contributed by atoms with Crippen LogP contribution >= 0.6 is 22.9 Å². The number of halogens is 1. The van der Waals surface area contributed by atoms with Crippen molar-refractivity contribution in [1.82, 2.24) is 4.98 Å². The zero-order valence-corrected chi connectivity index (χ0v) is 15.9. The number of piperidine rings is 1. The van der Waals surface area contributed by atoms with Gasteiger partial charge in [-0.3, -0.25) is 4.79 Å². The molecule has 4 nitrogen and oxygen atoms in total. The smallest absolute Gasteiger partial charge is 0.279 e. The summed E-state index contributed by atoms with van der Waals surface area (Å²) in [4.78, 5) is 18.5. The van der Waals surface area contributed by atoms with Crippen LogP contribution in [0.15, 0.2) is 48.5 Å². The number of anilines is 1. The highest BCUT2D eigenvalue weighted by molar-refractivity contribution is 7.18. The van der Waals surface area contributed by atoms with E-state index in [0.717, 1.165) is 37.1 Å². The molecule has 134 valence electrons. The van der Waals surface area contributed by atoms with Gasteiger partial charge in [-0.15, -0.1) is 11.3 Å². The van der Waals surface area contributed by atoms with E-state index in [4.69, 9.17) is 16.6 Å². The normalized spacial score (nSPS) is 20.2. The van der Waals surface area contributed by atoms with Gasteiger partial charge in [0.25, 0.3) is 5.91 Å². The molecule has 1 aromatic heterocycles. The number of nitrogens with zero attached hydrogens (tertiary/aromatic N) is 1. The first-order valence-corrected chi connectivity index (χ1v) is 10.1. The summed E-state index contributed by atoms with van der Waals surface area (Å²) in [6.07, 6.45) is 2.28. The number of carbonyl (C=O) groups is 1. The van der Waals surface area contributed by atoms with Gasteiger partial charge in [0, 0.05) is 10.7 Å². The van der Waals surface area contributed by atoms with Gasteiger partial charge < -0.3 is 10.2 Å². The van der Waals surface area contributed by atoms with Crippen LogP contribution in [0.5, 0.6) is 0 Å². The van der Waals surface area contributed by atoms with Crippen LogP contribution in [-0.2, 0) is 4.79 Å². The second-order valence-electron chi connectivity index (χ2n) is 6.79. The van der Waals surface area contributed by atoms with Crippen LogP contribution in [0.3, 0.4) is 0 Å². The summed E-state index contributed by atoms with van der Waals surface area (Å²) in [5.74, 6) is 0.492. The maximum absolute atomic E-state index is 12.4. The third kappa shape index (κ3) is 4.06. The summed E-state index contributed by atoms with van der Waals surface area (Å²) in [5, 5.41) is 4.84. The lowest BCUT2D eigenvalue weighted by atomic mass is 9.99. The Kier molecular flexibility index (Phi) is 5.20. The summed E-state index contributed by atoms with van der Waals surface area (Å²) in [7, 11) is 0. The molecular formula is C20H21ClN3OS+. The number of carbonyl (C=O) groups excluding carboxylic acids is 1. The van der Waals surface area contributed by atoms with Crippen LogP contribution in [0, 0.1) is 0 Å². The van der Waals surface area contributed by atoms with Crippen molar-refractivity contribution >= 4 is 44.7 Å². The number of fused-ring (bicyclic) bond motifs is 1. The Hall–Kier alpha value is -1.95. The summed E-state index contributed by atoms with van der Waals surface area (Å²) in [6.45, 7) is 2.49. The van der Waals surface area contributed by atoms with E-state index in [1.54, 1.807) is 23.5 Å². The minimum absolute atomic E-state index is 0.0484. The van der Waals surface area contributed by atoms with Crippen molar-refractivity contribution in [2.24, 2.45) is 0 Å². The van der Waals surface area contributed by atoms with Gasteiger partial charge in [-0.05, 0) is 49.2 Å². The van der Waals surface area contributed by atoms with Gasteiger partial charge in [0.2, 0.25) is 0 Å². The number of thiazole rings is 1. The number of likely N-dealkylation sites (tertiary alicyclic amines) is 1. The molecule has 2 heterocycles. The molecule has 2 aromatic carbocycles. The molecule has 1 aliphatic rings. The molecule has 1 unspecified atom stereocenters. The lowest BCUT2D eigenvalue weighted by molar-refractivity contribution is -0.898. The third-order valence-corrected chi connectivity index (χ3v) is 6.27. The molecule has 4 rings (SSSR count). The van der Waals surface area contributed by atoms with Crippen LogP contribution in [0.1, 0.15) is 23.8 Å². The Morgan fingerprint density at radius 3 is 2.85 bits per heavy atom. The van der Waals surface area contributed by atoms with Gasteiger partial charge in [0.1, 0.15) is 5.01 Å². The average molecular weight is 387 g/mol. The van der Waals surface area contributed by atoms with E-state index < -0.39 is 0 Å². The van der Waals surface area contributed by atoms with Crippen LogP contribution in [-0.4, -0.2) is 30.5 Å². The highest BCUT2D eigenvalue weighted by atomic mass is 35.5. The molecule has 0 saturated carbocycles. The van der Waals surface area contributed by atoms with Gasteiger partial charge in [-0.25, -0.2) is 4.98 Å². The van der Waals surface area contributed by atoms with E-state index in [9.17, 15) is 4.79 Å². The van der Waals surface area contributed by atoms with Crippen molar-refractivity contribution in [3.63, 3.8) is 0 Å². The number of quaternary nitrogens is 1. The molecule has 0 bridgehead atoms. The molecule has 26 heavy (non-hydrogen) atoms. The molecule has 2 N–H and O–H groups in total. The number of amides is 1. The SMILES string of the molecule is O=C(C[NH+]1CCC[C@@H](c2nc3ccccc3s2)C1)Nc1ccc(Cl)cc1.